The van der Waals surface area contributed by atoms with Crippen LogP contribution in [0.3, 0.4) is 0 Å². The lowest BCUT2D eigenvalue weighted by molar-refractivity contribution is -0.147. The molecule has 0 saturated carbocycles. The molecule has 1 amide bonds. The number of amides is 1. The first-order chi connectivity index (χ1) is 10.2. The van der Waals surface area contributed by atoms with Gasteiger partial charge in [0.15, 0.2) is 0 Å². The van der Waals surface area contributed by atoms with Crippen molar-refractivity contribution in [1.29, 1.82) is 0 Å². The van der Waals surface area contributed by atoms with Crippen molar-refractivity contribution in [2.45, 2.75) is 37.3 Å². The van der Waals surface area contributed by atoms with Gasteiger partial charge in [0.2, 0.25) is 0 Å². The number of hydrogen-bond acceptors (Lipinski definition) is 3. The second-order valence-corrected chi connectivity index (χ2v) is 6.68. The van der Waals surface area contributed by atoms with E-state index >= 15 is 0 Å². The number of ether oxygens (including phenoxy) is 1. The average Bonchev–Trinajstić information content (AvgIpc) is 2.92. The van der Waals surface area contributed by atoms with E-state index in [0.717, 1.165) is 43.2 Å². The third-order valence-electron chi connectivity index (χ3n) is 4.73. The Labute approximate surface area is 145 Å². The Hall–Kier alpha value is -0.620. The highest BCUT2D eigenvalue weighted by Crippen LogP contribution is 2.36. The normalized spacial score (nSPS) is 22.5. The molecule has 1 aromatic carbocycles. The summed E-state index contributed by atoms with van der Waals surface area (Å²) in [6.45, 7) is 1.65. The molecule has 2 N–H and O–H groups in total. The fourth-order valence-corrected chi connectivity index (χ4v) is 3.98. The first-order valence-electron chi connectivity index (χ1n) is 7.50. The van der Waals surface area contributed by atoms with Gasteiger partial charge in [-0.15, -0.1) is 12.4 Å². The summed E-state index contributed by atoms with van der Waals surface area (Å²) in [6.07, 6.45) is 3.42. The van der Waals surface area contributed by atoms with Gasteiger partial charge >= 0.3 is 0 Å². The fraction of sp³-hybridized carbons (Fsp3) is 0.562. The molecule has 122 valence electrons. The van der Waals surface area contributed by atoms with Crippen molar-refractivity contribution in [1.82, 2.24) is 10.6 Å². The zero-order valence-corrected chi connectivity index (χ0v) is 15.1. The number of halogens is 2. The smallest absolute Gasteiger partial charge is 0.252 e. The van der Waals surface area contributed by atoms with Gasteiger partial charge in [-0.3, -0.25) is 4.79 Å². The molecule has 0 spiro atoms. The summed E-state index contributed by atoms with van der Waals surface area (Å²) in [5.74, 6) is 0.0318. The molecule has 22 heavy (non-hydrogen) atoms. The average molecular weight is 390 g/mol. The first-order valence-corrected chi connectivity index (χ1v) is 8.30. The van der Waals surface area contributed by atoms with E-state index in [9.17, 15) is 4.79 Å². The number of hydrogen-bond donors (Lipinski definition) is 2. The van der Waals surface area contributed by atoms with Gasteiger partial charge in [-0.25, -0.2) is 0 Å². The summed E-state index contributed by atoms with van der Waals surface area (Å²) in [4.78, 5) is 12.7. The SMILES string of the molecule is COC1(C(=O)NC2CCc3c(Br)cccc32)CCNCC1.Cl. The molecule has 0 aromatic heterocycles. The van der Waals surface area contributed by atoms with Crippen LogP contribution in [0.1, 0.15) is 36.4 Å². The van der Waals surface area contributed by atoms with Crippen molar-refractivity contribution in [3.8, 4) is 0 Å². The maximum Gasteiger partial charge on any atom is 0.252 e. The summed E-state index contributed by atoms with van der Waals surface area (Å²) >= 11 is 3.60. The predicted octanol–water partition coefficient (Wildman–Crippen LogP) is 2.74. The van der Waals surface area contributed by atoms with Crippen molar-refractivity contribution >= 4 is 34.2 Å². The lowest BCUT2D eigenvalue weighted by atomic mass is 9.90. The molecule has 1 unspecified atom stereocenters. The number of carbonyl (C=O) groups excluding carboxylic acids is 1. The molecule has 1 aliphatic carbocycles. The van der Waals surface area contributed by atoms with Crippen molar-refractivity contribution in [2.24, 2.45) is 0 Å². The standard InChI is InChI=1S/C16H21BrN2O2.ClH/c1-21-16(7-9-18-10-8-16)15(20)19-14-6-5-11-12(14)3-2-4-13(11)17;/h2-4,14,18H,5-10H2,1H3,(H,19,20);1H. The van der Waals surface area contributed by atoms with Gasteiger partial charge in [0, 0.05) is 11.6 Å². The largest absolute Gasteiger partial charge is 0.368 e. The molecule has 1 atom stereocenters. The molecule has 1 saturated heterocycles. The third-order valence-corrected chi connectivity index (χ3v) is 5.48. The van der Waals surface area contributed by atoms with E-state index in [1.807, 2.05) is 6.07 Å². The number of carbonyl (C=O) groups is 1. The van der Waals surface area contributed by atoms with E-state index in [2.05, 4.69) is 38.7 Å². The summed E-state index contributed by atoms with van der Waals surface area (Å²) in [5.41, 5.74) is 1.89. The quantitative estimate of drug-likeness (QED) is 0.836. The second-order valence-electron chi connectivity index (χ2n) is 5.82. The number of nitrogens with one attached hydrogen (secondary N) is 2. The van der Waals surface area contributed by atoms with Crippen LogP contribution >= 0.6 is 28.3 Å². The topological polar surface area (TPSA) is 50.4 Å². The molecule has 0 bridgehead atoms. The minimum atomic E-state index is -0.667. The van der Waals surface area contributed by atoms with Gasteiger partial charge in [0.25, 0.3) is 5.91 Å². The fourth-order valence-electron chi connectivity index (χ4n) is 3.40. The number of rotatable bonds is 3. The Morgan fingerprint density at radius 2 is 2.14 bits per heavy atom. The lowest BCUT2D eigenvalue weighted by Crippen LogP contribution is -2.54. The highest BCUT2D eigenvalue weighted by molar-refractivity contribution is 9.10. The van der Waals surface area contributed by atoms with Gasteiger partial charge in [0.05, 0.1) is 6.04 Å². The number of methoxy groups -OCH3 is 1. The van der Waals surface area contributed by atoms with Crippen LogP contribution < -0.4 is 10.6 Å². The molecular formula is C16H22BrClN2O2. The summed E-state index contributed by atoms with van der Waals surface area (Å²) in [5, 5.41) is 6.49. The molecule has 3 rings (SSSR count). The Balaban J connectivity index is 0.00000176. The van der Waals surface area contributed by atoms with Gasteiger partial charge < -0.3 is 15.4 Å². The first kappa shape index (κ1) is 17.7. The van der Waals surface area contributed by atoms with Gasteiger partial charge in [-0.2, -0.15) is 0 Å². The molecule has 0 radical (unpaired) electrons. The molecular weight excluding hydrogens is 368 g/mol. The molecule has 2 aliphatic rings. The van der Waals surface area contributed by atoms with Crippen LogP contribution in [0.2, 0.25) is 0 Å². The molecule has 1 fully saturated rings. The van der Waals surface area contributed by atoms with Crippen molar-refractivity contribution in [3.05, 3.63) is 33.8 Å². The van der Waals surface area contributed by atoms with Crippen LogP contribution in [0.4, 0.5) is 0 Å². The number of piperidine rings is 1. The lowest BCUT2D eigenvalue weighted by Gasteiger charge is -2.35. The van der Waals surface area contributed by atoms with Gasteiger partial charge in [-0.1, -0.05) is 28.1 Å². The van der Waals surface area contributed by atoms with Crippen LogP contribution in [0, 0.1) is 0 Å². The summed E-state index contributed by atoms with van der Waals surface area (Å²) in [7, 11) is 1.64. The Kier molecular flexibility index (Phi) is 5.88. The van der Waals surface area contributed by atoms with Crippen LogP contribution in [-0.4, -0.2) is 31.7 Å². The Morgan fingerprint density at radius 1 is 1.41 bits per heavy atom. The van der Waals surface area contributed by atoms with Crippen molar-refractivity contribution < 1.29 is 9.53 Å². The molecule has 6 heteroatoms. The number of fused-ring (bicyclic) bond motifs is 1. The van der Waals surface area contributed by atoms with Crippen molar-refractivity contribution in [2.75, 3.05) is 20.2 Å². The highest BCUT2D eigenvalue weighted by atomic mass is 79.9. The van der Waals surface area contributed by atoms with E-state index in [1.54, 1.807) is 7.11 Å². The third kappa shape index (κ3) is 3.18. The van der Waals surface area contributed by atoms with E-state index in [0.29, 0.717) is 0 Å². The maximum absolute atomic E-state index is 12.7. The highest BCUT2D eigenvalue weighted by Gasteiger charge is 2.41. The van der Waals surface area contributed by atoms with Gasteiger partial charge in [0.1, 0.15) is 5.60 Å². The Morgan fingerprint density at radius 3 is 2.82 bits per heavy atom. The predicted molar refractivity (Wildman–Crippen MR) is 92.4 cm³/mol. The zero-order valence-electron chi connectivity index (χ0n) is 12.7. The van der Waals surface area contributed by atoms with Crippen molar-refractivity contribution in [3.63, 3.8) is 0 Å². The van der Waals surface area contributed by atoms with E-state index < -0.39 is 5.60 Å². The molecule has 1 aliphatic heterocycles. The second kappa shape index (κ2) is 7.30. The summed E-state index contributed by atoms with van der Waals surface area (Å²) in [6, 6.07) is 6.31. The van der Waals surface area contributed by atoms with Crippen LogP contribution in [-0.2, 0) is 16.0 Å². The number of benzene rings is 1. The van der Waals surface area contributed by atoms with Crippen LogP contribution in [0.5, 0.6) is 0 Å². The minimum Gasteiger partial charge on any atom is -0.368 e. The minimum absolute atomic E-state index is 0. The van der Waals surface area contributed by atoms with Gasteiger partial charge in [-0.05, 0) is 56.0 Å². The zero-order chi connectivity index (χ0) is 14.9. The van der Waals surface area contributed by atoms with E-state index in [4.69, 9.17) is 4.74 Å². The monoisotopic (exact) mass is 388 g/mol. The molecule has 4 nitrogen and oxygen atoms in total. The maximum atomic E-state index is 12.7. The van der Waals surface area contributed by atoms with E-state index in [-0.39, 0.29) is 24.4 Å². The molecule has 1 heterocycles. The van der Waals surface area contributed by atoms with Crippen LogP contribution in [0.25, 0.3) is 0 Å². The van der Waals surface area contributed by atoms with Crippen LogP contribution in [0.15, 0.2) is 22.7 Å². The molecule has 1 aromatic rings. The summed E-state index contributed by atoms with van der Waals surface area (Å²) < 4.78 is 6.74. The Bertz CT molecular complexity index is 547. The van der Waals surface area contributed by atoms with E-state index in [1.165, 1.54) is 11.1 Å².